The van der Waals surface area contributed by atoms with Gasteiger partial charge in [-0.05, 0) is 24.5 Å². The Balaban J connectivity index is 0. The maximum Gasteiger partial charge on any atom is 0.466 e. The predicted octanol–water partition coefficient (Wildman–Crippen LogP) is 3.75. The Labute approximate surface area is 145 Å². The third-order valence-corrected chi connectivity index (χ3v) is 3.04. The average molecular weight is 384 g/mol. The summed E-state index contributed by atoms with van der Waals surface area (Å²) in [6, 6.07) is 7.67. The van der Waals surface area contributed by atoms with E-state index >= 15 is 0 Å². The van der Waals surface area contributed by atoms with E-state index in [0.717, 1.165) is 12.0 Å². The van der Waals surface area contributed by atoms with Crippen LogP contribution in [0.2, 0.25) is 0 Å². The number of aromatic hydroxyl groups is 1. The maximum absolute atomic E-state index is 9.58. The molecule has 0 aliphatic heterocycles. The van der Waals surface area contributed by atoms with Gasteiger partial charge in [0.15, 0.2) is 0 Å². The Morgan fingerprint density at radius 2 is 1.36 bits per heavy atom. The fraction of sp³-hybridized carbons (Fsp3) is 0.600. The molecule has 4 N–H and O–H groups in total. The van der Waals surface area contributed by atoms with Crippen LogP contribution in [0, 0.1) is 0 Å². The molecule has 0 aliphatic rings. The van der Waals surface area contributed by atoms with Crippen LogP contribution in [0.4, 0.5) is 0 Å². The van der Waals surface area contributed by atoms with Gasteiger partial charge in [0, 0.05) is 19.5 Å². The van der Waals surface area contributed by atoms with Gasteiger partial charge in [0.25, 0.3) is 0 Å². The quantitative estimate of drug-likeness (QED) is 0.311. The number of hydrogen-bond donors (Lipinski definition) is 4. The number of para-hydroxylation sites is 1. The van der Waals surface area contributed by atoms with Gasteiger partial charge in [0.1, 0.15) is 5.75 Å². The van der Waals surface area contributed by atoms with Crippen molar-refractivity contribution in [3.05, 3.63) is 29.8 Å². The Hall–Kier alpha value is -0.247. The number of hydrogen-bond acceptors (Lipinski definition) is 2. The Bertz CT molecular complexity index is 414. The normalized spacial score (nSPS) is 10.4. The summed E-state index contributed by atoms with van der Waals surface area (Å²) < 4.78 is 8.88. The summed E-state index contributed by atoms with van der Waals surface area (Å²) >= 11 is 0. The molecule has 0 atom stereocenters. The number of benzene rings is 1. The van der Waals surface area contributed by atoms with Gasteiger partial charge in [-0.15, -0.1) is 0 Å². The molecular weight excluding hydrogens is 357 g/mol. The van der Waals surface area contributed by atoms with E-state index in [1.54, 1.807) is 6.07 Å². The van der Waals surface area contributed by atoms with Crippen LogP contribution < -0.4 is 0 Å². The van der Waals surface area contributed by atoms with Crippen LogP contribution in [-0.4, -0.2) is 19.8 Å². The van der Waals surface area contributed by atoms with Gasteiger partial charge >= 0.3 is 7.82 Å². The van der Waals surface area contributed by atoms with Gasteiger partial charge in [-0.3, -0.25) is 0 Å². The number of phenolic OH excluding ortho intramolecular Hbond substituents is 1. The molecule has 0 heterocycles. The van der Waals surface area contributed by atoms with Crippen molar-refractivity contribution in [3.63, 3.8) is 0 Å². The molecule has 0 saturated carbocycles. The van der Waals surface area contributed by atoms with Crippen LogP contribution in [0.5, 0.6) is 5.75 Å². The van der Waals surface area contributed by atoms with E-state index in [2.05, 4.69) is 6.92 Å². The average Bonchev–Trinajstić information content (AvgIpc) is 2.38. The fourth-order valence-electron chi connectivity index (χ4n) is 1.99. The van der Waals surface area contributed by atoms with E-state index in [-0.39, 0.29) is 19.5 Å². The number of phosphoric acid groups is 1. The molecule has 5 nitrogen and oxygen atoms in total. The largest absolute Gasteiger partial charge is 0.508 e. The second-order valence-corrected chi connectivity index (χ2v) is 6.04. The summed E-state index contributed by atoms with van der Waals surface area (Å²) in [6.07, 6.45) is 10.3. The summed E-state index contributed by atoms with van der Waals surface area (Å²) in [7, 11) is -4.64. The van der Waals surface area contributed by atoms with Crippen LogP contribution >= 0.6 is 7.82 Å². The van der Waals surface area contributed by atoms with Crippen LogP contribution in [0.1, 0.15) is 57.4 Å². The number of unbranched alkanes of at least 4 members (excludes halogenated alkanes) is 6. The van der Waals surface area contributed by atoms with Crippen LogP contribution in [0.25, 0.3) is 0 Å². The van der Waals surface area contributed by atoms with Crippen molar-refractivity contribution >= 4 is 7.82 Å². The van der Waals surface area contributed by atoms with Crippen molar-refractivity contribution in [2.75, 3.05) is 0 Å². The number of rotatable bonds is 8. The van der Waals surface area contributed by atoms with Crippen molar-refractivity contribution in [1.29, 1.82) is 0 Å². The molecule has 1 aromatic carbocycles. The fourth-order valence-corrected chi connectivity index (χ4v) is 1.99. The summed E-state index contributed by atoms with van der Waals surface area (Å²) in [5.41, 5.74) is 1.09. The number of aryl methyl sites for hydroxylation is 1. The Kier molecular flexibility index (Phi) is 15.7. The predicted molar refractivity (Wildman–Crippen MR) is 84.1 cm³/mol. The zero-order chi connectivity index (χ0) is 16.1. The molecule has 0 fully saturated rings. The second-order valence-electron chi connectivity index (χ2n) is 5.01. The summed E-state index contributed by atoms with van der Waals surface area (Å²) in [6.45, 7) is 2.25. The first-order valence-electron chi connectivity index (χ1n) is 7.39. The van der Waals surface area contributed by atoms with Crippen LogP contribution in [0.15, 0.2) is 24.3 Å². The Morgan fingerprint density at radius 3 is 1.86 bits per heavy atom. The summed E-state index contributed by atoms with van der Waals surface area (Å²) in [4.78, 5) is 21.6. The molecule has 7 heteroatoms. The molecule has 0 saturated heterocycles. The van der Waals surface area contributed by atoms with E-state index in [4.69, 9.17) is 19.2 Å². The van der Waals surface area contributed by atoms with Gasteiger partial charge in [0.05, 0.1) is 0 Å². The SMILES string of the molecule is CCCCCCCCCc1ccccc1O.O=P(O)(O)O.[Zn]. The third-order valence-electron chi connectivity index (χ3n) is 3.04. The van der Waals surface area contributed by atoms with Gasteiger partial charge < -0.3 is 19.8 Å². The third kappa shape index (κ3) is 17.8. The maximum atomic E-state index is 9.58. The van der Waals surface area contributed by atoms with Crippen LogP contribution in [0.3, 0.4) is 0 Å². The molecule has 1 aromatic rings. The molecule has 22 heavy (non-hydrogen) atoms. The minimum absolute atomic E-state index is 0. The zero-order valence-corrected chi connectivity index (χ0v) is 17.2. The molecule has 124 valence electrons. The topological polar surface area (TPSA) is 98.0 Å². The smallest absolute Gasteiger partial charge is 0.466 e. The summed E-state index contributed by atoms with van der Waals surface area (Å²) in [5, 5.41) is 9.58. The Morgan fingerprint density at radius 1 is 0.909 bits per heavy atom. The van der Waals surface area contributed by atoms with Crippen molar-refractivity contribution in [2.24, 2.45) is 0 Å². The molecule has 0 radical (unpaired) electrons. The van der Waals surface area contributed by atoms with E-state index in [1.165, 1.54) is 44.9 Å². The molecular formula is C15H27O5PZn. The standard InChI is InChI=1S/C15H24O.H3O4P.Zn/c1-2-3-4-5-6-7-8-11-14-12-9-10-13-15(14)16;1-5(2,3)4;/h9-10,12-13,16H,2-8,11H2,1H3;(H3,1,2,3,4);. The van der Waals surface area contributed by atoms with Crippen molar-refractivity contribution in [3.8, 4) is 5.75 Å². The van der Waals surface area contributed by atoms with E-state index < -0.39 is 7.82 Å². The van der Waals surface area contributed by atoms with E-state index in [9.17, 15) is 5.11 Å². The number of phenols is 1. The monoisotopic (exact) mass is 382 g/mol. The van der Waals surface area contributed by atoms with Crippen molar-refractivity contribution in [1.82, 2.24) is 0 Å². The van der Waals surface area contributed by atoms with Gasteiger partial charge in [0.2, 0.25) is 0 Å². The van der Waals surface area contributed by atoms with Gasteiger partial charge in [-0.25, -0.2) is 4.57 Å². The van der Waals surface area contributed by atoms with Gasteiger partial charge in [-0.1, -0.05) is 63.6 Å². The van der Waals surface area contributed by atoms with Crippen molar-refractivity contribution in [2.45, 2.75) is 58.3 Å². The van der Waals surface area contributed by atoms with Gasteiger partial charge in [-0.2, -0.15) is 0 Å². The summed E-state index contributed by atoms with van der Waals surface area (Å²) in [5.74, 6) is 0.452. The zero-order valence-electron chi connectivity index (χ0n) is 13.3. The van der Waals surface area contributed by atoms with Crippen LogP contribution in [-0.2, 0) is 30.5 Å². The van der Waals surface area contributed by atoms with E-state index in [0.29, 0.717) is 5.75 Å². The minimum atomic E-state index is -4.64. The van der Waals surface area contributed by atoms with Crippen molar-refractivity contribution < 1.29 is 43.8 Å². The molecule has 0 aromatic heterocycles. The second kappa shape index (κ2) is 14.4. The molecule has 0 aliphatic carbocycles. The first-order chi connectivity index (χ1) is 9.84. The molecule has 0 spiro atoms. The van der Waals surface area contributed by atoms with E-state index in [1.807, 2.05) is 18.2 Å². The molecule has 0 amide bonds. The minimum Gasteiger partial charge on any atom is -0.508 e. The molecule has 0 unspecified atom stereocenters. The molecule has 1 rings (SSSR count). The first kappa shape index (κ1) is 24.0. The first-order valence-corrected chi connectivity index (χ1v) is 8.96. The molecule has 0 bridgehead atoms.